The van der Waals surface area contributed by atoms with Crippen LogP contribution in [0.3, 0.4) is 0 Å². The van der Waals surface area contributed by atoms with Crippen molar-refractivity contribution in [1.29, 1.82) is 5.41 Å². The van der Waals surface area contributed by atoms with Gasteiger partial charge in [0.2, 0.25) is 0 Å². The van der Waals surface area contributed by atoms with Crippen LogP contribution in [-0.2, 0) is 0 Å². The fourth-order valence-corrected chi connectivity index (χ4v) is 0. The van der Waals surface area contributed by atoms with Crippen molar-refractivity contribution in [3.63, 3.8) is 0 Å². The number of nitrogens with zero attached hydrogens (tertiary/aromatic N) is 1. The van der Waals surface area contributed by atoms with Crippen LogP contribution in [0.25, 0.3) is 0 Å². The molecular weight excluding hydrogens is 113 g/mol. The SMILES string of the molecule is N=C=[N][GeH3]. The van der Waals surface area contributed by atoms with E-state index >= 15 is 0 Å². The van der Waals surface area contributed by atoms with Gasteiger partial charge in [-0.25, -0.2) is 0 Å². The van der Waals surface area contributed by atoms with Gasteiger partial charge in [0, 0.05) is 0 Å². The van der Waals surface area contributed by atoms with Gasteiger partial charge in [0.1, 0.15) is 0 Å². The van der Waals surface area contributed by atoms with Crippen molar-refractivity contribution in [2.75, 3.05) is 0 Å². The zero-order chi connectivity index (χ0) is 3.41. The Morgan fingerprint density at radius 3 is 2.25 bits per heavy atom. The Morgan fingerprint density at radius 2 is 2.25 bits per heavy atom. The van der Waals surface area contributed by atoms with Crippen LogP contribution >= 0.6 is 0 Å². The molecule has 3 heteroatoms. The van der Waals surface area contributed by atoms with Crippen molar-refractivity contribution in [3.8, 4) is 0 Å². The molecule has 0 unspecified atom stereocenters. The van der Waals surface area contributed by atoms with Gasteiger partial charge >= 0.3 is 32.1 Å². The normalized spacial score (nSPS) is 5.00. The van der Waals surface area contributed by atoms with E-state index in [9.17, 15) is 0 Å². The number of rotatable bonds is 0. The van der Waals surface area contributed by atoms with Gasteiger partial charge in [0.15, 0.2) is 0 Å². The summed E-state index contributed by atoms with van der Waals surface area (Å²) in [5.41, 5.74) is 0. The Bertz CT molecular complexity index is 44.0. The van der Waals surface area contributed by atoms with Crippen LogP contribution in [0.1, 0.15) is 0 Å². The van der Waals surface area contributed by atoms with Crippen LogP contribution in [0, 0.1) is 5.41 Å². The second-order valence-electron chi connectivity index (χ2n) is 0.335. The quantitative estimate of drug-likeness (QED) is 0.312. The van der Waals surface area contributed by atoms with E-state index in [4.69, 9.17) is 5.41 Å². The Hall–Kier alpha value is -0.0771. The first-order valence-corrected chi connectivity index (χ1v) is 2.80. The summed E-state index contributed by atoms with van der Waals surface area (Å²) < 4.78 is 3.34. The molecule has 0 amide bonds. The van der Waals surface area contributed by atoms with Crippen LogP contribution in [0.4, 0.5) is 0 Å². The maximum atomic E-state index is 6.08. The van der Waals surface area contributed by atoms with E-state index in [-0.39, 0.29) is 0 Å². The van der Waals surface area contributed by atoms with E-state index in [0.717, 1.165) is 0 Å². The molecule has 0 radical (unpaired) electrons. The van der Waals surface area contributed by atoms with Crippen molar-refractivity contribution >= 4 is 22.7 Å². The van der Waals surface area contributed by atoms with Crippen LogP contribution in [0.2, 0.25) is 0 Å². The molecule has 0 spiro atoms. The Balaban J connectivity index is 3.11. The summed E-state index contributed by atoms with van der Waals surface area (Å²) in [5, 5.41) is 6.08. The molecule has 0 saturated heterocycles. The summed E-state index contributed by atoms with van der Waals surface area (Å²) in [7, 11) is 0. The van der Waals surface area contributed by atoms with Gasteiger partial charge in [-0.1, -0.05) is 0 Å². The molecular formula is CH4GeN2. The average Bonchev–Trinajstić information content (AvgIpc) is 1.37. The predicted octanol–water partition coefficient (Wildman–Crippen LogP) is -0.981. The van der Waals surface area contributed by atoms with E-state index in [1.54, 1.807) is 0 Å². The van der Waals surface area contributed by atoms with Crippen molar-refractivity contribution in [2.24, 2.45) is 3.95 Å². The van der Waals surface area contributed by atoms with Gasteiger partial charge in [-0.3, -0.25) is 0 Å². The van der Waals surface area contributed by atoms with Crippen LogP contribution in [0.15, 0.2) is 3.95 Å². The first-order chi connectivity index (χ1) is 1.91. The predicted molar refractivity (Wildman–Crippen MR) is 20.1 cm³/mol. The first kappa shape index (κ1) is 3.92. The standard InChI is InChI=1S/CH4GeN2/c2-4-1-3/h3H,2H3. The molecule has 0 bridgehead atoms. The Morgan fingerprint density at radius 1 is 2.00 bits per heavy atom. The van der Waals surface area contributed by atoms with E-state index in [2.05, 4.69) is 3.95 Å². The van der Waals surface area contributed by atoms with Gasteiger partial charge in [-0.15, -0.1) is 0 Å². The fraction of sp³-hybridized carbons (Fsp3) is 0. The van der Waals surface area contributed by atoms with Crippen molar-refractivity contribution in [1.82, 2.24) is 0 Å². The van der Waals surface area contributed by atoms with Gasteiger partial charge in [0.25, 0.3) is 0 Å². The summed E-state index contributed by atoms with van der Waals surface area (Å²) in [5.74, 6) is 0. The second kappa shape index (κ2) is 2.92. The van der Waals surface area contributed by atoms with Crippen LogP contribution in [-0.4, -0.2) is 22.7 Å². The van der Waals surface area contributed by atoms with Crippen LogP contribution in [0.5, 0.6) is 0 Å². The molecule has 4 heavy (non-hydrogen) atoms. The molecule has 0 rings (SSSR count). The zero-order valence-electron chi connectivity index (χ0n) is 2.45. The second-order valence-corrected chi connectivity index (χ2v) is 1.27. The molecule has 0 heterocycles. The molecule has 0 saturated carbocycles. The molecule has 0 aromatic rings. The monoisotopic (exact) mass is 118 g/mol. The van der Waals surface area contributed by atoms with Gasteiger partial charge < -0.3 is 0 Å². The number of nitrogens with one attached hydrogen (secondary N) is 1. The Kier molecular flexibility index (Phi) is 2.87. The van der Waals surface area contributed by atoms with Gasteiger partial charge in [-0.2, -0.15) is 0 Å². The number of hydrogen-bond acceptors (Lipinski definition) is 2. The van der Waals surface area contributed by atoms with Gasteiger partial charge in [0.05, 0.1) is 0 Å². The average molecular weight is 117 g/mol. The molecule has 0 aliphatic heterocycles. The van der Waals surface area contributed by atoms with E-state index in [1.165, 1.54) is 0 Å². The summed E-state index contributed by atoms with van der Waals surface area (Å²) >= 11 is 0.439. The molecule has 22 valence electrons. The van der Waals surface area contributed by atoms with E-state index in [0.29, 0.717) is 16.7 Å². The van der Waals surface area contributed by atoms with Gasteiger partial charge in [-0.05, 0) is 0 Å². The third-order valence-electron chi connectivity index (χ3n) is 0.112. The first-order valence-electron chi connectivity index (χ1n) is 0.921. The summed E-state index contributed by atoms with van der Waals surface area (Å²) in [4.78, 5) is 0. The summed E-state index contributed by atoms with van der Waals surface area (Å²) in [6, 6.07) is 1.89. The van der Waals surface area contributed by atoms with E-state index in [1.807, 2.05) is 6.01 Å². The molecule has 1 N–H and O–H groups in total. The minimum atomic E-state index is 0.439. The van der Waals surface area contributed by atoms with Crippen molar-refractivity contribution < 1.29 is 0 Å². The molecule has 0 aromatic heterocycles. The number of hydrogen-bond donors (Lipinski definition) is 1. The Labute approximate surface area is 32.9 Å². The molecule has 0 aliphatic rings. The third kappa shape index (κ3) is 1.92. The third-order valence-corrected chi connectivity index (χ3v) is 0.581. The van der Waals surface area contributed by atoms with Crippen molar-refractivity contribution in [2.45, 2.75) is 0 Å². The van der Waals surface area contributed by atoms with Crippen LogP contribution < -0.4 is 0 Å². The summed E-state index contributed by atoms with van der Waals surface area (Å²) in [6.07, 6.45) is 0. The minimum absolute atomic E-state index is 0.439. The van der Waals surface area contributed by atoms with Crippen molar-refractivity contribution in [3.05, 3.63) is 0 Å². The molecule has 0 aliphatic carbocycles. The molecule has 0 aromatic carbocycles. The molecule has 0 atom stereocenters. The molecule has 0 fully saturated rings. The van der Waals surface area contributed by atoms with E-state index < -0.39 is 0 Å². The zero-order valence-corrected chi connectivity index (χ0v) is 6.64. The molecule has 2 nitrogen and oxygen atoms in total. The summed E-state index contributed by atoms with van der Waals surface area (Å²) in [6.45, 7) is 0. The topological polar surface area (TPSA) is 36.2 Å². The fourth-order valence-electron chi connectivity index (χ4n) is 0. The maximum absolute atomic E-state index is 6.08.